The average molecular weight is 292 g/mol. The lowest BCUT2D eigenvalue weighted by molar-refractivity contribution is 0.0526. The molecule has 104 valence electrons. The van der Waals surface area contributed by atoms with Crippen LogP contribution in [-0.2, 0) is 4.74 Å². The summed E-state index contributed by atoms with van der Waals surface area (Å²) >= 11 is 5.84. The van der Waals surface area contributed by atoms with E-state index in [1.165, 1.54) is 6.20 Å². The van der Waals surface area contributed by atoms with Gasteiger partial charge in [-0.25, -0.2) is 14.8 Å². The Bertz CT molecular complexity index is 614. The van der Waals surface area contributed by atoms with Gasteiger partial charge in [0.05, 0.1) is 6.61 Å². The second-order valence-corrected chi connectivity index (χ2v) is 4.37. The van der Waals surface area contributed by atoms with Crippen LogP contribution in [0.2, 0.25) is 5.02 Å². The van der Waals surface area contributed by atoms with E-state index in [4.69, 9.17) is 16.3 Å². The van der Waals surface area contributed by atoms with Crippen LogP contribution >= 0.6 is 11.6 Å². The summed E-state index contributed by atoms with van der Waals surface area (Å²) in [5, 5.41) is 3.52. The van der Waals surface area contributed by atoms with Gasteiger partial charge in [-0.3, -0.25) is 0 Å². The summed E-state index contributed by atoms with van der Waals surface area (Å²) in [6, 6.07) is 7.17. The molecule has 0 saturated carbocycles. The molecule has 0 bridgehead atoms. The number of nitrogens with one attached hydrogen (secondary N) is 1. The Morgan fingerprint density at radius 1 is 1.35 bits per heavy atom. The highest BCUT2D eigenvalue weighted by atomic mass is 35.5. The van der Waals surface area contributed by atoms with E-state index in [2.05, 4.69) is 15.3 Å². The number of anilines is 1. The fraction of sp³-hybridized carbons (Fsp3) is 0.214. The molecule has 0 atom stereocenters. The average Bonchev–Trinajstić information content (AvgIpc) is 2.47. The first kappa shape index (κ1) is 14.3. The largest absolute Gasteiger partial charge is 0.462 e. The third-order valence-corrected chi connectivity index (χ3v) is 2.88. The van der Waals surface area contributed by atoms with Gasteiger partial charge in [0.15, 0.2) is 5.82 Å². The van der Waals surface area contributed by atoms with Crippen molar-refractivity contribution < 1.29 is 9.53 Å². The number of rotatable bonds is 4. The lowest BCUT2D eigenvalue weighted by Gasteiger charge is -2.09. The number of benzene rings is 1. The first-order valence-electron chi connectivity index (χ1n) is 6.13. The van der Waals surface area contributed by atoms with Crippen molar-refractivity contribution in [1.29, 1.82) is 0 Å². The van der Waals surface area contributed by atoms with Crippen LogP contribution in [0, 0.1) is 0 Å². The maximum atomic E-state index is 11.8. The van der Waals surface area contributed by atoms with Crippen LogP contribution in [0.3, 0.4) is 0 Å². The van der Waals surface area contributed by atoms with E-state index >= 15 is 0 Å². The lowest BCUT2D eigenvalue weighted by Crippen LogP contribution is -2.10. The summed E-state index contributed by atoms with van der Waals surface area (Å²) in [7, 11) is 1.69. The third kappa shape index (κ3) is 3.05. The molecule has 20 heavy (non-hydrogen) atoms. The van der Waals surface area contributed by atoms with Crippen molar-refractivity contribution in [3.63, 3.8) is 0 Å². The molecule has 0 aliphatic rings. The highest BCUT2D eigenvalue weighted by molar-refractivity contribution is 6.30. The molecule has 1 aromatic heterocycles. The van der Waals surface area contributed by atoms with Gasteiger partial charge in [-0.2, -0.15) is 0 Å². The maximum Gasteiger partial charge on any atom is 0.343 e. The minimum absolute atomic E-state index is 0.306. The molecule has 6 heteroatoms. The quantitative estimate of drug-likeness (QED) is 0.877. The number of esters is 1. The molecule has 0 unspecified atom stereocenters. The summed E-state index contributed by atoms with van der Waals surface area (Å²) < 4.78 is 4.96. The van der Waals surface area contributed by atoms with E-state index in [0.29, 0.717) is 28.8 Å². The van der Waals surface area contributed by atoms with E-state index < -0.39 is 5.97 Å². The number of hydrogen-bond donors (Lipinski definition) is 1. The van der Waals surface area contributed by atoms with Gasteiger partial charge in [0.25, 0.3) is 0 Å². The first-order chi connectivity index (χ1) is 9.65. The third-order valence-electron chi connectivity index (χ3n) is 2.62. The zero-order chi connectivity index (χ0) is 14.5. The van der Waals surface area contributed by atoms with Crippen LogP contribution in [0.25, 0.3) is 11.4 Å². The zero-order valence-electron chi connectivity index (χ0n) is 11.2. The maximum absolute atomic E-state index is 11.8. The van der Waals surface area contributed by atoms with Crippen molar-refractivity contribution in [1.82, 2.24) is 9.97 Å². The van der Waals surface area contributed by atoms with Crippen molar-refractivity contribution in [2.24, 2.45) is 0 Å². The van der Waals surface area contributed by atoms with Gasteiger partial charge in [-0.1, -0.05) is 11.6 Å². The molecule has 0 fully saturated rings. The number of aromatic nitrogens is 2. The Morgan fingerprint density at radius 3 is 2.65 bits per heavy atom. The fourth-order valence-electron chi connectivity index (χ4n) is 1.67. The molecule has 2 aromatic rings. The molecule has 0 aliphatic heterocycles. The Kier molecular flexibility index (Phi) is 4.53. The highest BCUT2D eigenvalue weighted by Gasteiger charge is 2.15. The number of halogens is 1. The van der Waals surface area contributed by atoms with Crippen molar-refractivity contribution >= 4 is 23.4 Å². The molecule has 1 aromatic carbocycles. The minimum atomic E-state index is -0.445. The number of ether oxygens (including phenoxy) is 1. The standard InChI is InChI=1S/C14H14ClN3O2/c1-3-20-14(19)11-8-17-12(18-13(11)16-2)9-4-6-10(15)7-5-9/h4-8H,3H2,1-2H3,(H,16,17,18). The smallest absolute Gasteiger partial charge is 0.343 e. The minimum Gasteiger partial charge on any atom is -0.462 e. The molecule has 2 rings (SSSR count). The first-order valence-corrected chi connectivity index (χ1v) is 6.51. The molecule has 0 spiro atoms. The van der Waals surface area contributed by atoms with E-state index in [-0.39, 0.29) is 0 Å². The predicted molar refractivity (Wildman–Crippen MR) is 78.0 cm³/mol. The molecule has 0 radical (unpaired) electrons. The molecule has 1 N–H and O–H groups in total. The van der Waals surface area contributed by atoms with Gasteiger partial charge >= 0.3 is 5.97 Å². The summed E-state index contributed by atoms with van der Waals surface area (Å²) in [4.78, 5) is 20.3. The zero-order valence-corrected chi connectivity index (χ0v) is 11.9. The Hall–Kier alpha value is -2.14. The fourth-order valence-corrected chi connectivity index (χ4v) is 1.79. The van der Waals surface area contributed by atoms with Crippen LogP contribution in [0.15, 0.2) is 30.5 Å². The molecule has 5 nitrogen and oxygen atoms in total. The van der Waals surface area contributed by atoms with Crippen molar-refractivity contribution in [2.45, 2.75) is 6.92 Å². The number of carbonyl (C=O) groups excluding carboxylic acids is 1. The van der Waals surface area contributed by atoms with Gasteiger partial charge in [0, 0.05) is 23.8 Å². The topological polar surface area (TPSA) is 64.1 Å². The molecular weight excluding hydrogens is 278 g/mol. The lowest BCUT2D eigenvalue weighted by atomic mass is 10.2. The van der Waals surface area contributed by atoms with Crippen molar-refractivity contribution in [3.05, 3.63) is 41.0 Å². The van der Waals surface area contributed by atoms with E-state index in [1.807, 2.05) is 12.1 Å². The van der Waals surface area contributed by atoms with Crippen molar-refractivity contribution in [3.8, 4) is 11.4 Å². The normalized spacial score (nSPS) is 10.2. The van der Waals surface area contributed by atoms with Crippen LogP contribution in [-0.4, -0.2) is 29.6 Å². The number of hydrogen-bond acceptors (Lipinski definition) is 5. The van der Waals surface area contributed by atoms with Gasteiger partial charge in [0.1, 0.15) is 11.4 Å². The van der Waals surface area contributed by atoms with E-state index in [1.54, 1.807) is 26.1 Å². The SMILES string of the molecule is CCOC(=O)c1cnc(-c2ccc(Cl)cc2)nc1NC. The van der Waals surface area contributed by atoms with E-state index in [0.717, 1.165) is 5.56 Å². The molecule has 0 saturated heterocycles. The highest BCUT2D eigenvalue weighted by Crippen LogP contribution is 2.21. The van der Waals surface area contributed by atoms with Gasteiger partial charge in [-0.05, 0) is 31.2 Å². The molecule has 1 heterocycles. The van der Waals surface area contributed by atoms with Crippen LogP contribution in [0.4, 0.5) is 5.82 Å². The second kappa shape index (κ2) is 6.34. The van der Waals surface area contributed by atoms with E-state index in [9.17, 15) is 4.79 Å². The molecule has 0 aliphatic carbocycles. The van der Waals surface area contributed by atoms with Gasteiger partial charge < -0.3 is 10.1 Å². The van der Waals surface area contributed by atoms with Crippen LogP contribution < -0.4 is 5.32 Å². The summed E-state index contributed by atoms with van der Waals surface area (Å²) in [5.41, 5.74) is 1.13. The Balaban J connectivity index is 2.38. The Morgan fingerprint density at radius 2 is 2.05 bits per heavy atom. The monoisotopic (exact) mass is 291 g/mol. The van der Waals surface area contributed by atoms with Crippen LogP contribution in [0.1, 0.15) is 17.3 Å². The molecular formula is C14H14ClN3O2. The summed E-state index contributed by atoms with van der Waals surface area (Å²) in [5.74, 6) is 0.502. The van der Waals surface area contributed by atoms with Crippen molar-refractivity contribution in [2.75, 3.05) is 19.0 Å². The molecule has 0 amide bonds. The van der Waals surface area contributed by atoms with Crippen LogP contribution in [0.5, 0.6) is 0 Å². The summed E-state index contributed by atoms with van der Waals surface area (Å²) in [6.45, 7) is 2.06. The predicted octanol–water partition coefficient (Wildman–Crippen LogP) is 3.02. The second-order valence-electron chi connectivity index (χ2n) is 3.93. The van der Waals surface area contributed by atoms with Gasteiger partial charge in [-0.15, -0.1) is 0 Å². The number of nitrogens with zero attached hydrogens (tertiary/aromatic N) is 2. The van der Waals surface area contributed by atoms with Gasteiger partial charge in [0.2, 0.25) is 0 Å². The Labute approximate surface area is 122 Å². The summed E-state index contributed by atoms with van der Waals surface area (Å²) in [6.07, 6.45) is 1.46. The number of carbonyl (C=O) groups is 1.